The normalized spacial score (nSPS) is 22.9. The summed E-state index contributed by atoms with van der Waals surface area (Å²) in [5.74, 6) is 0.311. The molecule has 1 aromatic heterocycles. The molecule has 1 aromatic rings. The fraction of sp³-hybridized carbons (Fsp3) is 0.154. The minimum atomic E-state index is 0.311. The van der Waals surface area contributed by atoms with Crippen LogP contribution in [0.1, 0.15) is 17.9 Å². The number of dihydropyridines is 1. The number of nitrogens with one attached hydrogen (secondary N) is 2. The molecule has 0 bridgehead atoms. The van der Waals surface area contributed by atoms with E-state index in [1.165, 1.54) is 16.8 Å². The second kappa shape index (κ2) is 3.85. The van der Waals surface area contributed by atoms with Crippen molar-refractivity contribution in [3.05, 3.63) is 65.8 Å². The largest absolute Gasteiger partial charge is 0.362 e. The number of hydrogen-bond donors (Lipinski definition) is 2. The lowest BCUT2D eigenvalue weighted by Gasteiger charge is -2.10. The van der Waals surface area contributed by atoms with Gasteiger partial charge in [0.25, 0.3) is 0 Å². The molecule has 0 radical (unpaired) electrons. The topological polar surface area (TPSA) is 40.7 Å². The van der Waals surface area contributed by atoms with Gasteiger partial charge in [0.05, 0.1) is 6.20 Å². The lowest BCUT2D eigenvalue weighted by atomic mass is 10.0. The van der Waals surface area contributed by atoms with Crippen LogP contribution in [0.25, 0.3) is 0 Å². The summed E-state index contributed by atoms with van der Waals surface area (Å²) in [6, 6.07) is 0. The van der Waals surface area contributed by atoms with Gasteiger partial charge in [-0.2, -0.15) is 5.10 Å². The Labute approximate surface area is 94.3 Å². The Balaban J connectivity index is 1.90. The molecule has 2 N–H and O–H groups in total. The SMILES string of the molecule is C1=CNC2=C(C=CC(c3cn[nH]c3)C=C2)C1. The van der Waals surface area contributed by atoms with E-state index in [1.54, 1.807) is 0 Å². The Kier molecular flexibility index (Phi) is 2.22. The summed E-state index contributed by atoms with van der Waals surface area (Å²) in [7, 11) is 0. The van der Waals surface area contributed by atoms with Crippen molar-refractivity contribution in [2.24, 2.45) is 0 Å². The number of nitrogens with zero attached hydrogens (tertiary/aromatic N) is 1. The van der Waals surface area contributed by atoms with Crippen LogP contribution in [0.2, 0.25) is 0 Å². The van der Waals surface area contributed by atoms with Crippen molar-refractivity contribution < 1.29 is 0 Å². The summed E-state index contributed by atoms with van der Waals surface area (Å²) in [5.41, 5.74) is 3.73. The minimum Gasteiger partial charge on any atom is -0.362 e. The van der Waals surface area contributed by atoms with Gasteiger partial charge in [-0.1, -0.05) is 24.3 Å². The van der Waals surface area contributed by atoms with Gasteiger partial charge < -0.3 is 5.32 Å². The van der Waals surface area contributed by atoms with Crippen LogP contribution in [-0.4, -0.2) is 10.2 Å². The maximum absolute atomic E-state index is 3.98. The molecule has 1 aliphatic heterocycles. The fourth-order valence-corrected chi connectivity index (χ4v) is 2.00. The van der Waals surface area contributed by atoms with Gasteiger partial charge in [-0.3, -0.25) is 5.10 Å². The Bertz CT molecular complexity index is 461. The second-order valence-corrected chi connectivity index (χ2v) is 3.97. The molecule has 3 heteroatoms. The molecule has 3 nitrogen and oxygen atoms in total. The van der Waals surface area contributed by atoms with E-state index in [2.05, 4.69) is 45.9 Å². The molecule has 0 saturated carbocycles. The Morgan fingerprint density at radius 1 is 1.25 bits per heavy atom. The highest BCUT2D eigenvalue weighted by Crippen LogP contribution is 2.25. The molecule has 1 unspecified atom stereocenters. The average molecular weight is 211 g/mol. The molecule has 16 heavy (non-hydrogen) atoms. The maximum Gasteiger partial charge on any atom is 0.0528 e. The molecule has 3 rings (SSSR count). The number of aromatic nitrogens is 2. The van der Waals surface area contributed by atoms with Gasteiger partial charge in [0.2, 0.25) is 0 Å². The number of aromatic amines is 1. The average Bonchev–Trinajstić information content (AvgIpc) is 2.76. The maximum atomic E-state index is 3.98. The molecule has 0 fully saturated rings. The van der Waals surface area contributed by atoms with Crippen molar-refractivity contribution in [3.8, 4) is 0 Å². The van der Waals surface area contributed by atoms with E-state index in [1.807, 2.05) is 18.6 Å². The standard InChI is InChI=1S/C13H13N3/c1-2-11-4-3-10(12-8-15-16-9-12)5-6-13(11)14-7-1/h1,3-10,14H,2H2,(H,15,16). The van der Waals surface area contributed by atoms with Gasteiger partial charge in [0, 0.05) is 23.4 Å². The summed E-state index contributed by atoms with van der Waals surface area (Å²) < 4.78 is 0. The lowest BCUT2D eigenvalue weighted by molar-refractivity contribution is 1.01. The van der Waals surface area contributed by atoms with Gasteiger partial charge in [-0.15, -0.1) is 0 Å². The predicted octanol–water partition coefficient (Wildman–Crippen LogP) is 2.38. The first-order valence-electron chi connectivity index (χ1n) is 5.43. The van der Waals surface area contributed by atoms with E-state index in [0.29, 0.717) is 5.92 Å². The Morgan fingerprint density at radius 2 is 2.19 bits per heavy atom. The van der Waals surface area contributed by atoms with Crippen LogP contribution in [-0.2, 0) is 0 Å². The molecule has 80 valence electrons. The zero-order valence-electron chi connectivity index (χ0n) is 8.85. The molecule has 0 amide bonds. The van der Waals surface area contributed by atoms with Gasteiger partial charge >= 0.3 is 0 Å². The van der Waals surface area contributed by atoms with E-state index < -0.39 is 0 Å². The third-order valence-electron chi connectivity index (χ3n) is 2.92. The molecule has 0 aromatic carbocycles. The van der Waals surface area contributed by atoms with Crippen LogP contribution in [0.3, 0.4) is 0 Å². The molecular formula is C13H13N3. The van der Waals surface area contributed by atoms with Crippen molar-refractivity contribution in [1.29, 1.82) is 0 Å². The summed E-state index contributed by atoms with van der Waals surface area (Å²) in [4.78, 5) is 0. The second-order valence-electron chi connectivity index (χ2n) is 3.97. The highest BCUT2D eigenvalue weighted by atomic mass is 15.1. The monoisotopic (exact) mass is 211 g/mol. The van der Waals surface area contributed by atoms with Crippen LogP contribution in [0.4, 0.5) is 0 Å². The van der Waals surface area contributed by atoms with E-state index in [0.717, 1.165) is 6.42 Å². The smallest absolute Gasteiger partial charge is 0.0528 e. The predicted molar refractivity (Wildman–Crippen MR) is 63.5 cm³/mol. The molecular weight excluding hydrogens is 198 g/mol. The Hall–Kier alpha value is -2.03. The summed E-state index contributed by atoms with van der Waals surface area (Å²) in [6.07, 6.45) is 17.7. The molecule has 1 aliphatic carbocycles. The van der Waals surface area contributed by atoms with Gasteiger partial charge in [-0.25, -0.2) is 0 Å². The number of rotatable bonds is 1. The summed E-state index contributed by atoms with van der Waals surface area (Å²) in [5, 5.41) is 10.1. The van der Waals surface area contributed by atoms with Crippen LogP contribution in [0.5, 0.6) is 0 Å². The molecule has 1 atom stereocenters. The van der Waals surface area contributed by atoms with Crippen LogP contribution < -0.4 is 5.32 Å². The third-order valence-corrected chi connectivity index (χ3v) is 2.92. The molecule has 2 aliphatic rings. The molecule has 0 spiro atoms. The highest BCUT2D eigenvalue weighted by molar-refractivity contribution is 5.42. The number of H-pyrrole nitrogens is 1. The van der Waals surface area contributed by atoms with E-state index in [4.69, 9.17) is 0 Å². The van der Waals surface area contributed by atoms with Crippen molar-refractivity contribution in [3.63, 3.8) is 0 Å². The van der Waals surface area contributed by atoms with Gasteiger partial charge in [0.1, 0.15) is 0 Å². The first-order valence-corrected chi connectivity index (χ1v) is 5.43. The lowest BCUT2D eigenvalue weighted by Crippen LogP contribution is -2.08. The zero-order valence-corrected chi connectivity index (χ0v) is 8.85. The first kappa shape index (κ1) is 9.21. The first-order chi connectivity index (χ1) is 7.93. The number of allylic oxidation sites excluding steroid dienone is 6. The highest BCUT2D eigenvalue weighted by Gasteiger charge is 2.11. The Morgan fingerprint density at radius 3 is 3.06 bits per heavy atom. The van der Waals surface area contributed by atoms with Crippen LogP contribution in [0.15, 0.2) is 60.2 Å². The van der Waals surface area contributed by atoms with Crippen molar-refractivity contribution >= 4 is 0 Å². The van der Waals surface area contributed by atoms with Gasteiger partial charge in [-0.05, 0) is 24.3 Å². The number of hydrogen-bond acceptors (Lipinski definition) is 2. The van der Waals surface area contributed by atoms with E-state index in [9.17, 15) is 0 Å². The molecule has 2 heterocycles. The fourth-order valence-electron chi connectivity index (χ4n) is 2.00. The van der Waals surface area contributed by atoms with Crippen LogP contribution in [0, 0.1) is 0 Å². The van der Waals surface area contributed by atoms with Crippen molar-refractivity contribution in [2.75, 3.05) is 0 Å². The quantitative estimate of drug-likeness (QED) is 0.748. The van der Waals surface area contributed by atoms with Crippen molar-refractivity contribution in [2.45, 2.75) is 12.3 Å². The summed E-state index contributed by atoms with van der Waals surface area (Å²) >= 11 is 0. The third kappa shape index (κ3) is 1.60. The zero-order chi connectivity index (χ0) is 10.8. The van der Waals surface area contributed by atoms with Crippen molar-refractivity contribution in [1.82, 2.24) is 15.5 Å². The molecule has 0 saturated heterocycles. The van der Waals surface area contributed by atoms with Gasteiger partial charge in [0.15, 0.2) is 0 Å². The summed E-state index contributed by atoms with van der Waals surface area (Å²) in [6.45, 7) is 0. The van der Waals surface area contributed by atoms with E-state index >= 15 is 0 Å². The van der Waals surface area contributed by atoms with Crippen LogP contribution >= 0.6 is 0 Å². The van der Waals surface area contributed by atoms with E-state index in [-0.39, 0.29) is 0 Å². The minimum absolute atomic E-state index is 0.311.